The number of nitrogens with two attached hydrogens (primary N) is 1. The van der Waals surface area contributed by atoms with Crippen molar-refractivity contribution in [2.24, 2.45) is 0 Å². The van der Waals surface area contributed by atoms with E-state index in [-0.39, 0.29) is 0 Å². The van der Waals surface area contributed by atoms with Crippen molar-refractivity contribution in [2.45, 2.75) is 25.8 Å². The van der Waals surface area contributed by atoms with Gasteiger partial charge in [0.1, 0.15) is 5.00 Å². The zero-order chi connectivity index (χ0) is 11.5. The first-order valence-electron chi connectivity index (χ1n) is 5.87. The van der Waals surface area contributed by atoms with E-state index in [4.69, 9.17) is 5.73 Å². The van der Waals surface area contributed by atoms with Crippen LogP contribution in [0.2, 0.25) is 0 Å². The number of nitrogens with zero attached hydrogens (tertiary/aromatic N) is 3. The Labute approximate surface area is 101 Å². The first kappa shape index (κ1) is 11.7. The highest BCUT2D eigenvalue weighted by atomic mass is 32.1. The Kier molecular flexibility index (Phi) is 3.66. The molecule has 0 unspecified atom stereocenters. The summed E-state index contributed by atoms with van der Waals surface area (Å²) in [5, 5.41) is 1.85. The maximum atomic E-state index is 5.71. The van der Waals surface area contributed by atoms with Gasteiger partial charge in [-0.3, -0.25) is 0 Å². The van der Waals surface area contributed by atoms with Gasteiger partial charge in [-0.15, -0.1) is 0 Å². The van der Waals surface area contributed by atoms with E-state index in [0.29, 0.717) is 6.04 Å². The smallest absolute Gasteiger partial charge is 0.187 e. The van der Waals surface area contributed by atoms with Gasteiger partial charge in [-0.25, -0.2) is 4.98 Å². The van der Waals surface area contributed by atoms with Gasteiger partial charge < -0.3 is 15.5 Å². The van der Waals surface area contributed by atoms with Crippen LogP contribution in [0.5, 0.6) is 0 Å². The third kappa shape index (κ3) is 2.47. The molecular weight excluding hydrogens is 220 g/mol. The Bertz CT molecular complexity index is 330. The van der Waals surface area contributed by atoms with E-state index in [2.05, 4.69) is 28.8 Å². The normalized spacial score (nSPS) is 18.9. The van der Waals surface area contributed by atoms with E-state index in [1.165, 1.54) is 32.5 Å². The van der Waals surface area contributed by atoms with Crippen molar-refractivity contribution >= 4 is 21.5 Å². The number of hydrogen-bond acceptors (Lipinski definition) is 5. The number of likely N-dealkylation sites (tertiary alicyclic amines) is 1. The highest BCUT2D eigenvalue weighted by molar-refractivity contribution is 7.19. The summed E-state index contributed by atoms with van der Waals surface area (Å²) in [5.41, 5.74) is 5.71. The van der Waals surface area contributed by atoms with Crippen LogP contribution in [0.3, 0.4) is 0 Å². The molecule has 0 radical (unpaired) electrons. The standard InChI is InChI=1S/C11H20N4S/c1-3-15-6-4-9(5-7-15)14(2)11-13-8-10(12)16-11/h8-9H,3-7,12H2,1-2H3. The molecule has 0 aromatic carbocycles. The minimum Gasteiger partial charge on any atom is -0.389 e. The van der Waals surface area contributed by atoms with E-state index in [0.717, 1.165) is 10.1 Å². The predicted octanol–water partition coefficient (Wildman–Crippen LogP) is 1.65. The molecule has 2 rings (SSSR count). The van der Waals surface area contributed by atoms with Crippen LogP contribution in [0, 0.1) is 0 Å². The Balaban J connectivity index is 1.93. The molecule has 1 aliphatic heterocycles. The summed E-state index contributed by atoms with van der Waals surface area (Å²) in [6.07, 6.45) is 4.20. The number of aromatic nitrogens is 1. The van der Waals surface area contributed by atoms with E-state index < -0.39 is 0 Å². The molecule has 0 saturated carbocycles. The molecular formula is C11H20N4S. The summed E-state index contributed by atoms with van der Waals surface area (Å²) in [7, 11) is 2.13. The van der Waals surface area contributed by atoms with Gasteiger partial charge >= 0.3 is 0 Å². The quantitative estimate of drug-likeness (QED) is 0.872. The Hall–Kier alpha value is -0.810. The summed E-state index contributed by atoms with van der Waals surface area (Å²) in [6.45, 7) is 5.80. The predicted molar refractivity (Wildman–Crippen MR) is 70.1 cm³/mol. The zero-order valence-electron chi connectivity index (χ0n) is 10.0. The molecule has 1 aliphatic rings. The lowest BCUT2D eigenvalue weighted by Crippen LogP contribution is -2.43. The van der Waals surface area contributed by atoms with Gasteiger partial charge in [-0.2, -0.15) is 0 Å². The molecule has 1 saturated heterocycles. The van der Waals surface area contributed by atoms with Gasteiger partial charge in [0.25, 0.3) is 0 Å². The number of nitrogen functional groups attached to an aromatic ring is 1. The van der Waals surface area contributed by atoms with Crippen LogP contribution in [0.4, 0.5) is 10.1 Å². The molecule has 4 nitrogen and oxygen atoms in total. The van der Waals surface area contributed by atoms with Crippen LogP contribution in [-0.4, -0.2) is 42.6 Å². The van der Waals surface area contributed by atoms with Crippen molar-refractivity contribution in [1.82, 2.24) is 9.88 Å². The molecule has 0 aliphatic carbocycles. The third-order valence-corrected chi connectivity index (χ3v) is 4.28. The molecule has 0 amide bonds. The Morgan fingerprint density at radius 2 is 2.25 bits per heavy atom. The van der Waals surface area contributed by atoms with Crippen LogP contribution in [-0.2, 0) is 0 Å². The molecule has 16 heavy (non-hydrogen) atoms. The first-order valence-corrected chi connectivity index (χ1v) is 6.69. The van der Waals surface area contributed by atoms with Crippen molar-refractivity contribution in [3.05, 3.63) is 6.20 Å². The molecule has 5 heteroatoms. The lowest BCUT2D eigenvalue weighted by atomic mass is 10.0. The molecule has 0 bridgehead atoms. The van der Waals surface area contributed by atoms with Gasteiger partial charge in [0.05, 0.1) is 6.20 Å². The molecule has 1 fully saturated rings. The summed E-state index contributed by atoms with van der Waals surface area (Å²) in [4.78, 5) is 9.12. The fraction of sp³-hybridized carbons (Fsp3) is 0.727. The Morgan fingerprint density at radius 3 is 2.75 bits per heavy atom. The molecule has 2 heterocycles. The minimum atomic E-state index is 0.619. The van der Waals surface area contributed by atoms with Gasteiger partial charge in [-0.1, -0.05) is 18.3 Å². The summed E-state index contributed by atoms with van der Waals surface area (Å²) in [5.74, 6) is 0. The van der Waals surface area contributed by atoms with E-state index in [1.54, 1.807) is 17.5 Å². The van der Waals surface area contributed by atoms with Crippen molar-refractivity contribution in [3.8, 4) is 0 Å². The maximum Gasteiger partial charge on any atom is 0.187 e. The van der Waals surface area contributed by atoms with Crippen LogP contribution in [0.15, 0.2) is 6.20 Å². The second-order valence-corrected chi connectivity index (χ2v) is 5.36. The fourth-order valence-electron chi connectivity index (χ4n) is 2.22. The average molecular weight is 240 g/mol. The van der Waals surface area contributed by atoms with Crippen molar-refractivity contribution in [1.29, 1.82) is 0 Å². The number of anilines is 2. The zero-order valence-corrected chi connectivity index (χ0v) is 10.8. The summed E-state index contributed by atoms with van der Waals surface area (Å²) < 4.78 is 0. The van der Waals surface area contributed by atoms with E-state index in [9.17, 15) is 0 Å². The van der Waals surface area contributed by atoms with Crippen molar-refractivity contribution < 1.29 is 0 Å². The number of piperidine rings is 1. The van der Waals surface area contributed by atoms with Gasteiger partial charge in [0, 0.05) is 26.2 Å². The SMILES string of the molecule is CCN1CCC(N(C)c2ncc(N)s2)CC1. The molecule has 90 valence electrons. The van der Waals surface area contributed by atoms with Gasteiger partial charge in [-0.05, 0) is 19.4 Å². The first-order chi connectivity index (χ1) is 7.70. The summed E-state index contributed by atoms with van der Waals surface area (Å²) >= 11 is 1.58. The minimum absolute atomic E-state index is 0.619. The van der Waals surface area contributed by atoms with Gasteiger partial charge in [0.15, 0.2) is 5.13 Å². The fourth-order valence-corrected chi connectivity index (χ4v) is 2.93. The van der Waals surface area contributed by atoms with E-state index in [1.807, 2.05) is 0 Å². The highest BCUT2D eigenvalue weighted by Crippen LogP contribution is 2.27. The largest absolute Gasteiger partial charge is 0.389 e. The monoisotopic (exact) mass is 240 g/mol. The second-order valence-electron chi connectivity index (χ2n) is 4.32. The molecule has 1 aromatic rings. The van der Waals surface area contributed by atoms with Crippen LogP contribution in [0.25, 0.3) is 0 Å². The molecule has 0 spiro atoms. The number of thiazole rings is 1. The molecule has 0 atom stereocenters. The van der Waals surface area contributed by atoms with E-state index >= 15 is 0 Å². The summed E-state index contributed by atoms with van der Waals surface area (Å²) in [6, 6.07) is 0.619. The van der Waals surface area contributed by atoms with Crippen LogP contribution >= 0.6 is 11.3 Å². The molecule has 1 aromatic heterocycles. The topological polar surface area (TPSA) is 45.4 Å². The van der Waals surface area contributed by atoms with Crippen molar-refractivity contribution in [2.75, 3.05) is 37.3 Å². The third-order valence-electron chi connectivity index (χ3n) is 3.37. The number of hydrogen-bond donors (Lipinski definition) is 1. The number of rotatable bonds is 3. The second kappa shape index (κ2) is 5.01. The van der Waals surface area contributed by atoms with Crippen LogP contribution in [0.1, 0.15) is 19.8 Å². The average Bonchev–Trinajstić information content (AvgIpc) is 2.75. The van der Waals surface area contributed by atoms with Crippen LogP contribution < -0.4 is 10.6 Å². The molecule has 2 N–H and O–H groups in total. The lowest BCUT2D eigenvalue weighted by Gasteiger charge is -2.36. The lowest BCUT2D eigenvalue weighted by molar-refractivity contribution is 0.221. The maximum absolute atomic E-state index is 5.71. The Morgan fingerprint density at radius 1 is 1.56 bits per heavy atom. The van der Waals surface area contributed by atoms with Gasteiger partial charge in [0.2, 0.25) is 0 Å². The van der Waals surface area contributed by atoms with Crippen molar-refractivity contribution in [3.63, 3.8) is 0 Å². The highest BCUT2D eigenvalue weighted by Gasteiger charge is 2.23.